The third-order valence-corrected chi connectivity index (χ3v) is 4.80. The number of hydrazine groups is 1. The van der Waals surface area contributed by atoms with E-state index >= 15 is 0 Å². The Hall–Kier alpha value is -0.940. The molecule has 2 rings (SSSR count). The minimum Gasteiger partial charge on any atom is -0.271 e. The van der Waals surface area contributed by atoms with E-state index in [0.717, 1.165) is 10.4 Å². The molecule has 0 aliphatic carbocycles. The Balaban J connectivity index is 2.26. The summed E-state index contributed by atoms with van der Waals surface area (Å²) in [5.41, 5.74) is 4.78. The maximum absolute atomic E-state index is 13.3. The molecule has 2 nitrogen and oxygen atoms in total. The van der Waals surface area contributed by atoms with Crippen molar-refractivity contribution in [1.29, 1.82) is 0 Å². The lowest BCUT2D eigenvalue weighted by Crippen LogP contribution is -2.29. The third-order valence-electron chi connectivity index (χ3n) is 3.16. The van der Waals surface area contributed by atoms with Gasteiger partial charge in [0.2, 0.25) is 0 Å². The van der Waals surface area contributed by atoms with Crippen LogP contribution < -0.4 is 11.3 Å². The maximum atomic E-state index is 13.3. The van der Waals surface area contributed by atoms with E-state index in [9.17, 15) is 4.39 Å². The molecule has 1 aromatic heterocycles. The summed E-state index contributed by atoms with van der Waals surface area (Å²) in [5.74, 6) is 5.34. The topological polar surface area (TPSA) is 38.0 Å². The first kappa shape index (κ1) is 14.5. The number of nitrogens with one attached hydrogen (secondary N) is 1. The van der Waals surface area contributed by atoms with Gasteiger partial charge in [0.25, 0.3) is 0 Å². The highest BCUT2D eigenvalue weighted by atomic mass is 35.5. The van der Waals surface area contributed by atoms with Crippen LogP contribution in [-0.4, -0.2) is 0 Å². The second kappa shape index (κ2) is 6.01. The molecule has 0 aliphatic heterocycles. The lowest BCUT2D eigenvalue weighted by Gasteiger charge is -2.15. The monoisotopic (exact) mass is 298 g/mol. The summed E-state index contributed by atoms with van der Waals surface area (Å²) in [4.78, 5) is 2.40. The van der Waals surface area contributed by atoms with Crippen molar-refractivity contribution in [3.05, 3.63) is 56.0 Å². The van der Waals surface area contributed by atoms with Crippen molar-refractivity contribution in [2.45, 2.75) is 26.3 Å². The van der Waals surface area contributed by atoms with Crippen LogP contribution in [0.1, 0.15) is 26.9 Å². The largest absolute Gasteiger partial charge is 0.271 e. The molecule has 0 bridgehead atoms. The summed E-state index contributed by atoms with van der Waals surface area (Å²) < 4.78 is 13.3. The van der Waals surface area contributed by atoms with Gasteiger partial charge in [-0.3, -0.25) is 11.3 Å². The number of aryl methyl sites for hydroxylation is 2. The Morgan fingerprint density at radius 2 is 2.11 bits per heavy atom. The van der Waals surface area contributed by atoms with E-state index < -0.39 is 0 Å². The van der Waals surface area contributed by atoms with Crippen molar-refractivity contribution in [2.75, 3.05) is 0 Å². The number of thiophene rings is 1. The van der Waals surface area contributed by atoms with E-state index in [1.165, 1.54) is 22.6 Å². The quantitative estimate of drug-likeness (QED) is 0.663. The van der Waals surface area contributed by atoms with Gasteiger partial charge in [-0.15, -0.1) is 11.3 Å². The van der Waals surface area contributed by atoms with Crippen molar-refractivity contribution >= 4 is 22.9 Å². The molecule has 1 atom stereocenters. The summed E-state index contributed by atoms with van der Waals surface area (Å²) >= 11 is 7.79. The molecule has 0 saturated heterocycles. The number of halogens is 2. The van der Waals surface area contributed by atoms with Crippen LogP contribution in [0.4, 0.5) is 4.39 Å². The van der Waals surface area contributed by atoms with Crippen molar-refractivity contribution in [3.63, 3.8) is 0 Å². The van der Waals surface area contributed by atoms with Gasteiger partial charge in [0.05, 0.1) is 6.04 Å². The first-order valence-electron chi connectivity index (χ1n) is 5.98. The van der Waals surface area contributed by atoms with Gasteiger partial charge in [0.15, 0.2) is 0 Å². The van der Waals surface area contributed by atoms with E-state index in [1.54, 1.807) is 17.4 Å². The standard InChI is InChI=1S/C14H16ClFN2S/c1-8-5-14(19-9(8)2)13(18-17)7-10-6-11(16)3-4-12(10)15/h3-6,13,18H,7,17H2,1-2H3. The molecule has 102 valence electrons. The third kappa shape index (κ3) is 3.34. The van der Waals surface area contributed by atoms with E-state index in [2.05, 4.69) is 25.3 Å². The average molecular weight is 299 g/mol. The van der Waals surface area contributed by atoms with E-state index in [-0.39, 0.29) is 11.9 Å². The van der Waals surface area contributed by atoms with Gasteiger partial charge in [-0.1, -0.05) is 11.6 Å². The van der Waals surface area contributed by atoms with Gasteiger partial charge >= 0.3 is 0 Å². The van der Waals surface area contributed by atoms with Gasteiger partial charge in [-0.25, -0.2) is 4.39 Å². The molecular weight excluding hydrogens is 283 g/mol. The van der Waals surface area contributed by atoms with Gasteiger partial charge in [0, 0.05) is 14.8 Å². The Labute approximate surface area is 121 Å². The Bertz CT molecular complexity index is 563. The molecule has 0 saturated carbocycles. The minimum atomic E-state index is -0.284. The Morgan fingerprint density at radius 3 is 2.68 bits per heavy atom. The van der Waals surface area contributed by atoms with Crippen LogP contribution in [0.3, 0.4) is 0 Å². The summed E-state index contributed by atoms with van der Waals surface area (Å²) in [5, 5.41) is 0.562. The molecule has 0 spiro atoms. The van der Waals surface area contributed by atoms with Crippen LogP contribution in [0, 0.1) is 19.7 Å². The maximum Gasteiger partial charge on any atom is 0.123 e. The molecule has 19 heavy (non-hydrogen) atoms. The Morgan fingerprint density at radius 1 is 1.37 bits per heavy atom. The molecule has 0 amide bonds. The zero-order valence-corrected chi connectivity index (χ0v) is 12.4. The number of nitrogens with two attached hydrogens (primary N) is 1. The number of hydrogen-bond acceptors (Lipinski definition) is 3. The fourth-order valence-corrected chi connectivity index (χ4v) is 3.23. The Kier molecular flexibility index (Phi) is 4.58. The molecule has 3 N–H and O–H groups in total. The predicted octanol–water partition coefficient (Wildman–Crippen LogP) is 3.90. The van der Waals surface area contributed by atoms with Gasteiger partial charge in [-0.05, 0) is 55.7 Å². The van der Waals surface area contributed by atoms with Crippen LogP contribution in [0.25, 0.3) is 0 Å². The smallest absolute Gasteiger partial charge is 0.123 e. The number of hydrogen-bond donors (Lipinski definition) is 2. The molecule has 2 aromatic rings. The van der Waals surface area contributed by atoms with Gasteiger partial charge in [0.1, 0.15) is 5.82 Å². The van der Waals surface area contributed by atoms with E-state index in [0.29, 0.717) is 11.4 Å². The summed E-state index contributed by atoms with van der Waals surface area (Å²) in [6.45, 7) is 4.14. The molecule has 0 aliphatic rings. The molecule has 0 fully saturated rings. The summed E-state index contributed by atoms with van der Waals surface area (Å²) in [7, 11) is 0. The molecule has 1 aromatic carbocycles. The van der Waals surface area contributed by atoms with Crippen molar-refractivity contribution in [1.82, 2.24) is 5.43 Å². The first-order chi connectivity index (χ1) is 9.01. The number of benzene rings is 1. The SMILES string of the molecule is Cc1cc(C(Cc2cc(F)ccc2Cl)NN)sc1C. The van der Waals surface area contributed by atoms with Gasteiger partial charge < -0.3 is 0 Å². The van der Waals surface area contributed by atoms with Crippen LogP contribution in [0.2, 0.25) is 5.02 Å². The molecule has 0 radical (unpaired) electrons. The highest BCUT2D eigenvalue weighted by molar-refractivity contribution is 7.12. The van der Waals surface area contributed by atoms with Crippen molar-refractivity contribution in [2.24, 2.45) is 5.84 Å². The van der Waals surface area contributed by atoms with Crippen molar-refractivity contribution < 1.29 is 4.39 Å². The number of rotatable bonds is 4. The van der Waals surface area contributed by atoms with Crippen LogP contribution in [0.5, 0.6) is 0 Å². The molecule has 1 unspecified atom stereocenters. The fourth-order valence-electron chi connectivity index (χ4n) is 1.93. The first-order valence-corrected chi connectivity index (χ1v) is 7.17. The fraction of sp³-hybridized carbons (Fsp3) is 0.286. The molecule has 1 heterocycles. The highest BCUT2D eigenvalue weighted by Gasteiger charge is 2.16. The van der Waals surface area contributed by atoms with E-state index in [1.807, 2.05) is 0 Å². The minimum absolute atomic E-state index is 0.0586. The second-order valence-corrected chi connectivity index (χ2v) is 6.24. The summed E-state index contributed by atoms with van der Waals surface area (Å²) in [6.07, 6.45) is 0.562. The zero-order chi connectivity index (χ0) is 14.0. The van der Waals surface area contributed by atoms with Gasteiger partial charge in [-0.2, -0.15) is 0 Å². The van der Waals surface area contributed by atoms with Crippen molar-refractivity contribution in [3.8, 4) is 0 Å². The average Bonchev–Trinajstić information content (AvgIpc) is 2.70. The van der Waals surface area contributed by atoms with Crippen LogP contribution in [0.15, 0.2) is 24.3 Å². The zero-order valence-electron chi connectivity index (χ0n) is 10.8. The summed E-state index contributed by atoms with van der Waals surface area (Å²) in [6, 6.07) is 6.44. The lowest BCUT2D eigenvalue weighted by molar-refractivity contribution is 0.556. The second-order valence-electron chi connectivity index (χ2n) is 4.55. The highest BCUT2D eigenvalue weighted by Crippen LogP contribution is 2.30. The predicted molar refractivity (Wildman–Crippen MR) is 79.0 cm³/mol. The normalized spacial score (nSPS) is 12.7. The van der Waals surface area contributed by atoms with Crippen LogP contribution in [-0.2, 0) is 6.42 Å². The molecular formula is C14H16ClFN2S. The van der Waals surface area contributed by atoms with E-state index in [4.69, 9.17) is 17.4 Å². The van der Waals surface area contributed by atoms with Crippen LogP contribution >= 0.6 is 22.9 Å². The molecule has 5 heteroatoms. The lowest BCUT2D eigenvalue weighted by atomic mass is 10.0.